The fraction of sp³-hybridized carbons (Fsp3) is 0.125. The van der Waals surface area contributed by atoms with Crippen LogP contribution < -0.4 is 5.32 Å². The molecular weight excluding hydrogens is 430 g/mol. The summed E-state index contributed by atoms with van der Waals surface area (Å²) in [5.74, 6) is -1.21. The molecule has 0 spiro atoms. The average molecular weight is 451 g/mol. The summed E-state index contributed by atoms with van der Waals surface area (Å²) in [5, 5.41) is 11.1. The largest absolute Gasteiger partial charge is 0.351 e. The minimum absolute atomic E-state index is 0.106. The van der Waals surface area contributed by atoms with Crippen LogP contribution in [0.15, 0.2) is 84.0 Å². The summed E-state index contributed by atoms with van der Waals surface area (Å²) < 4.78 is 29.7. The number of rotatable bonds is 7. The van der Waals surface area contributed by atoms with Crippen molar-refractivity contribution in [2.75, 3.05) is 0 Å². The molecule has 3 aromatic carbocycles. The van der Waals surface area contributed by atoms with Gasteiger partial charge in [-0.15, -0.1) is 10.2 Å². The number of carbonyl (C=O) groups excluding carboxylic acids is 1. The summed E-state index contributed by atoms with van der Waals surface area (Å²) >= 11 is 1.15. The summed E-state index contributed by atoms with van der Waals surface area (Å²) in [6.45, 7) is 2.15. The van der Waals surface area contributed by atoms with Gasteiger partial charge in [0.05, 0.1) is 10.9 Å². The zero-order valence-corrected chi connectivity index (χ0v) is 18.0. The fourth-order valence-corrected chi connectivity index (χ4v) is 4.03. The molecule has 32 heavy (non-hydrogen) atoms. The number of benzene rings is 3. The molecule has 5 nitrogen and oxygen atoms in total. The van der Waals surface area contributed by atoms with Crippen molar-refractivity contribution in [3.05, 3.63) is 96.1 Å². The van der Waals surface area contributed by atoms with Gasteiger partial charge in [0.25, 0.3) is 0 Å². The number of amides is 1. The van der Waals surface area contributed by atoms with Crippen LogP contribution in [-0.4, -0.2) is 25.9 Å². The van der Waals surface area contributed by atoms with Crippen molar-refractivity contribution in [2.24, 2.45) is 0 Å². The molecule has 0 aliphatic rings. The van der Waals surface area contributed by atoms with E-state index >= 15 is 0 Å². The van der Waals surface area contributed by atoms with Gasteiger partial charge in [0.15, 0.2) is 11.0 Å². The Hall–Kier alpha value is -3.52. The standard InChI is InChI=1S/C24H20F2N4OS/c1-16(23(31)27-15-17-8-4-2-5-9-17)32-24-29-28-22(18-10-6-3-7-11-18)30(24)21-13-12-19(25)14-20(21)26/h2-14,16H,15H2,1H3,(H,27,31). The van der Waals surface area contributed by atoms with E-state index in [1.807, 2.05) is 60.7 Å². The fourth-order valence-electron chi connectivity index (χ4n) is 3.14. The summed E-state index contributed by atoms with van der Waals surface area (Å²) in [6, 6.07) is 22.1. The molecule has 1 aromatic heterocycles. The highest BCUT2D eigenvalue weighted by atomic mass is 32.2. The molecule has 1 atom stereocenters. The maximum absolute atomic E-state index is 14.7. The van der Waals surface area contributed by atoms with Gasteiger partial charge in [-0.3, -0.25) is 9.36 Å². The summed E-state index contributed by atoms with van der Waals surface area (Å²) in [7, 11) is 0. The molecule has 0 fully saturated rings. The SMILES string of the molecule is CC(Sc1nnc(-c2ccccc2)n1-c1ccc(F)cc1F)C(=O)NCc1ccccc1. The van der Waals surface area contributed by atoms with Crippen LogP contribution in [0, 0.1) is 11.6 Å². The van der Waals surface area contributed by atoms with E-state index in [0.29, 0.717) is 17.5 Å². The Morgan fingerprint density at radius 3 is 2.38 bits per heavy atom. The molecule has 0 saturated heterocycles. The van der Waals surface area contributed by atoms with E-state index in [2.05, 4.69) is 15.5 Å². The van der Waals surface area contributed by atoms with Crippen molar-refractivity contribution < 1.29 is 13.6 Å². The zero-order valence-electron chi connectivity index (χ0n) is 17.2. The van der Waals surface area contributed by atoms with Crippen LogP contribution in [0.25, 0.3) is 17.1 Å². The number of nitrogens with one attached hydrogen (secondary N) is 1. The predicted molar refractivity (Wildman–Crippen MR) is 120 cm³/mol. The molecule has 0 radical (unpaired) electrons. The second-order valence-electron chi connectivity index (χ2n) is 7.07. The van der Waals surface area contributed by atoms with Crippen LogP contribution in [0.2, 0.25) is 0 Å². The Kier molecular flexibility index (Phi) is 6.61. The third-order valence-electron chi connectivity index (χ3n) is 4.78. The first-order valence-corrected chi connectivity index (χ1v) is 10.9. The van der Waals surface area contributed by atoms with Gasteiger partial charge in [-0.2, -0.15) is 0 Å². The van der Waals surface area contributed by atoms with E-state index in [4.69, 9.17) is 0 Å². The topological polar surface area (TPSA) is 59.8 Å². The third kappa shape index (κ3) is 4.86. The van der Waals surface area contributed by atoms with Crippen molar-refractivity contribution in [3.8, 4) is 17.1 Å². The van der Waals surface area contributed by atoms with E-state index in [9.17, 15) is 13.6 Å². The van der Waals surface area contributed by atoms with Gasteiger partial charge in [-0.25, -0.2) is 8.78 Å². The second-order valence-corrected chi connectivity index (χ2v) is 8.37. The number of thioether (sulfide) groups is 1. The quantitative estimate of drug-likeness (QED) is 0.402. The summed E-state index contributed by atoms with van der Waals surface area (Å²) in [6.07, 6.45) is 0. The van der Waals surface area contributed by atoms with Gasteiger partial charge in [-0.05, 0) is 24.6 Å². The number of hydrogen-bond donors (Lipinski definition) is 1. The normalized spacial score (nSPS) is 11.8. The highest BCUT2D eigenvalue weighted by Crippen LogP contribution is 2.31. The molecule has 0 aliphatic heterocycles. The first-order valence-electron chi connectivity index (χ1n) is 9.97. The molecule has 162 valence electrons. The molecule has 4 rings (SSSR count). The number of carbonyl (C=O) groups is 1. The highest BCUT2D eigenvalue weighted by Gasteiger charge is 2.23. The van der Waals surface area contributed by atoms with Crippen molar-refractivity contribution in [1.82, 2.24) is 20.1 Å². The summed E-state index contributed by atoms with van der Waals surface area (Å²) in [4.78, 5) is 12.6. The van der Waals surface area contributed by atoms with Crippen LogP contribution >= 0.6 is 11.8 Å². The first-order chi connectivity index (χ1) is 15.5. The minimum atomic E-state index is -0.745. The van der Waals surface area contributed by atoms with Gasteiger partial charge in [0.2, 0.25) is 5.91 Å². The molecule has 0 aliphatic carbocycles. The third-order valence-corrected chi connectivity index (χ3v) is 5.82. The van der Waals surface area contributed by atoms with Gasteiger partial charge in [0.1, 0.15) is 11.6 Å². The lowest BCUT2D eigenvalue weighted by molar-refractivity contribution is -0.120. The van der Waals surface area contributed by atoms with Crippen LogP contribution in [-0.2, 0) is 11.3 Å². The Morgan fingerprint density at radius 2 is 1.69 bits per heavy atom. The van der Waals surface area contributed by atoms with Crippen LogP contribution in [0.5, 0.6) is 0 Å². The van der Waals surface area contributed by atoms with E-state index < -0.39 is 16.9 Å². The molecule has 1 amide bonds. The van der Waals surface area contributed by atoms with Crippen LogP contribution in [0.3, 0.4) is 0 Å². The van der Waals surface area contributed by atoms with Crippen molar-refractivity contribution in [1.29, 1.82) is 0 Å². The maximum Gasteiger partial charge on any atom is 0.233 e. The van der Waals surface area contributed by atoms with Crippen molar-refractivity contribution >= 4 is 17.7 Å². The lowest BCUT2D eigenvalue weighted by Gasteiger charge is -2.14. The Labute approximate surface area is 188 Å². The molecule has 0 saturated carbocycles. The summed E-state index contributed by atoms with van der Waals surface area (Å²) in [5.41, 5.74) is 1.81. The van der Waals surface area contributed by atoms with Gasteiger partial charge in [0, 0.05) is 18.2 Å². The lowest BCUT2D eigenvalue weighted by Crippen LogP contribution is -2.30. The zero-order chi connectivity index (χ0) is 22.5. The van der Waals surface area contributed by atoms with E-state index in [-0.39, 0.29) is 11.6 Å². The molecular formula is C24H20F2N4OS. The Morgan fingerprint density at radius 1 is 1.00 bits per heavy atom. The molecule has 1 N–H and O–H groups in total. The molecule has 4 aromatic rings. The van der Waals surface area contributed by atoms with Crippen LogP contribution in [0.1, 0.15) is 12.5 Å². The molecule has 8 heteroatoms. The number of hydrogen-bond acceptors (Lipinski definition) is 4. The minimum Gasteiger partial charge on any atom is -0.351 e. The van der Waals surface area contributed by atoms with E-state index in [1.54, 1.807) is 6.92 Å². The second kappa shape index (κ2) is 9.74. The van der Waals surface area contributed by atoms with Gasteiger partial charge >= 0.3 is 0 Å². The number of aromatic nitrogens is 3. The predicted octanol–water partition coefficient (Wildman–Crippen LogP) is 5.01. The first kappa shape index (κ1) is 21.7. The average Bonchev–Trinajstić information content (AvgIpc) is 3.22. The van der Waals surface area contributed by atoms with Crippen LogP contribution in [0.4, 0.5) is 8.78 Å². The Balaban J connectivity index is 1.62. The Bertz CT molecular complexity index is 1220. The van der Waals surface area contributed by atoms with Gasteiger partial charge < -0.3 is 5.32 Å². The molecule has 0 bridgehead atoms. The molecule has 1 unspecified atom stereocenters. The number of halogens is 2. The van der Waals surface area contributed by atoms with Gasteiger partial charge in [-0.1, -0.05) is 72.4 Å². The smallest absolute Gasteiger partial charge is 0.233 e. The molecule has 1 heterocycles. The number of nitrogens with zero attached hydrogens (tertiary/aromatic N) is 3. The monoisotopic (exact) mass is 450 g/mol. The van der Waals surface area contributed by atoms with Crippen molar-refractivity contribution in [3.63, 3.8) is 0 Å². The van der Waals surface area contributed by atoms with Crippen molar-refractivity contribution in [2.45, 2.75) is 23.9 Å². The highest BCUT2D eigenvalue weighted by molar-refractivity contribution is 8.00. The van der Waals surface area contributed by atoms with E-state index in [1.165, 1.54) is 16.7 Å². The maximum atomic E-state index is 14.7. The van der Waals surface area contributed by atoms with E-state index in [0.717, 1.165) is 29.0 Å². The lowest BCUT2D eigenvalue weighted by atomic mass is 10.2.